The molecule has 0 aliphatic heterocycles. The van der Waals surface area contributed by atoms with Crippen LogP contribution in [0, 0.1) is 12.8 Å². The highest BCUT2D eigenvalue weighted by Gasteiger charge is 2.25. The van der Waals surface area contributed by atoms with Gasteiger partial charge in [0.05, 0.1) is 16.7 Å². The fraction of sp³-hybridized carbons (Fsp3) is 0.750. The monoisotopic (exact) mass is 294 g/mol. The zero-order valence-electron chi connectivity index (χ0n) is 13.1. The van der Waals surface area contributed by atoms with Gasteiger partial charge in [-0.3, -0.25) is 4.79 Å². The van der Waals surface area contributed by atoms with Gasteiger partial charge < -0.3 is 4.90 Å². The second-order valence-electron chi connectivity index (χ2n) is 5.95. The van der Waals surface area contributed by atoms with Gasteiger partial charge in [-0.1, -0.05) is 19.8 Å². The highest BCUT2D eigenvalue weighted by Crippen LogP contribution is 2.32. The van der Waals surface area contributed by atoms with Crippen molar-refractivity contribution < 1.29 is 4.79 Å². The van der Waals surface area contributed by atoms with Gasteiger partial charge in [0.15, 0.2) is 0 Å². The van der Waals surface area contributed by atoms with E-state index in [1.54, 1.807) is 11.3 Å². The van der Waals surface area contributed by atoms with Crippen LogP contribution in [0.25, 0.3) is 0 Å². The van der Waals surface area contributed by atoms with E-state index in [0.717, 1.165) is 18.5 Å². The standard InChI is InChI=1S/C16H26N2OS/c1-5-14-17-11(2)16(20-14)12(3)18(4)15(19)10-13-8-6-7-9-13/h12-13H,5-10H2,1-4H3. The summed E-state index contributed by atoms with van der Waals surface area (Å²) in [6.07, 6.45) is 6.74. The van der Waals surface area contributed by atoms with Crippen molar-refractivity contribution in [2.24, 2.45) is 5.92 Å². The van der Waals surface area contributed by atoms with Crippen molar-refractivity contribution in [1.82, 2.24) is 9.88 Å². The minimum Gasteiger partial charge on any atom is -0.338 e. The third kappa shape index (κ3) is 3.40. The predicted octanol–water partition coefficient (Wildman–Crippen LogP) is 4.11. The average Bonchev–Trinajstić information content (AvgIpc) is 3.06. The minimum atomic E-state index is 0.140. The first-order valence-electron chi connectivity index (χ1n) is 7.74. The third-order valence-corrected chi connectivity index (χ3v) is 5.94. The highest BCUT2D eigenvalue weighted by atomic mass is 32.1. The van der Waals surface area contributed by atoms with E-state index in [-0.39, 0.29) is 11.9 Å². The van der Waals surface area contributed by atoms with E-state index >= 15 is 0 Å². The van der Waals surface area contributed by atoms with Gasteiger partial charge in [0.25, 0.3) is 0 Å². The highest BCUT2D eigenvalue weighted by molar-refractivity contribution is 7.11. The van der Waals surface area contributed by atoms with Crippen molar-refractivity contribution >= 4 is 17.2 Å². The zero-order chi connectivity index (χ0) is 14.7. The average molecular weight is 294 g/mol. The summed E-state index contributed by atoms with van der Waals surface area (Å²) >= 11 is 1.75. The quantitative estimate of drug-likeness (QED) is 0.818. The molecule has 0 N–H and O–H groups in total. The Balaban J connectivity index is 2.00. The molecule has 1 saturated carbocycles. The van der Waals surface area contributed by atoms with E-state index in [2.05, 4.69) is 25.8 Å². The summed E-state index contributed by atoms with van der Waals surface area (Å²) in [5.41, 5.74) is 1.08. The number of aromatic nitrogens is 1. The molecule has 2 rings (SSSR count). The molecule has 1 heterocycles. The number of rotatable bonds is 5. The van der Waals surface area contributed by atoms with Crippen LogP contribution in [-0.2, 0) is 11.2 Å². The molecule has 0 bridgehead atoms. The molecule has 1 aromatic heterocycles. The molecule has 0 saturated heterocycles. The van der Waals surface area contributed by atoms with Crippen molar-refractivity contribution in [2.45, 2.75) is 65.3 Å². The summed E-state index contributed by atoms with van der Waals surface area (Å²) in [4.78, 5) is 20.1. The van der Waals surface area contributed by atoms with Crippen LogP contribution < -0.4 is 0 Å². The van der Waals surface area contributed by atoms with Crippen LogP contribution in [0.5, 0.6) is 0 Å². The lowest BCUT2D eigenvalue weighted by Crippen LogP contribution is -2.30. The molecule has 20 heavy (non-hydrogen) atoms. The molecule has 0 spiro atoms. The molecule has 1 atom stereocenters. The Bertz CT molecular complexity index is 463. The van der Waals surface area contributed by atoms with Gasteiger partial charge in [-0.05, 0) is 39.0 Å². The van der Waals surface area contributed by atoms with Crippen LogP contribution in [0.2, 0.25) is 0 Å². The molecule has 1 fully saturated rings. The Hall–Kier alpha value is -0.900. The van der Waals surface area contributed by atoms with E-state index in [1.807, 2.05) is 11.9 Å². The zero-order valence-corrected chi connectivity index (χ0v) is 13.9. The molecule has 112 valence electrons. The lowest BCUT2D eigenvalue weighted by Gasteiger charge is -2.25. The summed E-state index contributed by atoms with van der Waals surface area (Å²) in [5, 5.41) is 1.17. The fourth-order valence-corrected chi connectivity index (χ4v) is 4.10. The summed E-state index contributed by atoms with van der Waals surface area (Å²) in [6, 6.07) is 0.140. The molecule has 3 nitrogen and oxygen atoms in total. The van der Waals surface area contributed by atoms with Crippen molar-refractivity contribution in [2.75, 3.05) is 7.05 Å². The van der Waals surface area contributed by atoms with Gasteiger partial charge in [-0.15, -0.1) is 11.3 Å². The smallest absolute Gasteiger partial charge is 0.223 e. The number of aryl methyl sites for hydroxylation is 2. The second-order valence-corrected chi connectivity index (χ2v) is 7.06. The first-order valence-corrected chi connectivity index (χ1v) is 8.56. The van der Waals surface area contributed by atoms with E-state index in [9.17, 15) is 4.79 Å². The summed E-state index contributed by atoms with van der Waals surface area (Å²) in [6.45, 7) is 6.30. The summed E-state index contributed by atoms with van der Waals surface area (Å²) in [5.74, 6) is 0.904. The van der Waals surface area contributed by atoms with Gasteiger partial charge in [-0.2, -0.15) is 0 Å². The maximum absolute atomic E-state index is 12.4. The summed E-state index contributed by atoms with van der Waals surface area (Å²) < 4.78 is 0. The van der Waals surface area contributed by atoms with Crippen LogP contribution in [0.3, 0.4) is 0 Å². The van der Waals surface area contributed by atoms with Crippen LogP contribution in [0.1, 0.15) is 67.6 Å². The number of hydrogen-bond donors (Lipinski definition) is 0. The Morgan fingerprint density at radius 1 is 1.45 bits per heavy atom. The molecule has 1 aromatic rings. The van der Waals surface area contributed by atoms with Crippen molar-refractivity contribution in [3.63, 3.8) is 0 Å². The molecular formula is C16H26N2OS. The van der Waals surface area contributed by atoms with Gasteiger partial charge in [0, 0.05) is 18.3 Å². The van der Waals surface area contributed by atoms with E-state index in [1.165, 1.54) is 35.6 Å². The number of nitrogens with zero attached hydrogens (tertiary/aromatic N) is 2. The number of amides is 1. The van der Waals surface area contributed by atoms with Crippen LogP contribution in [0.4, 0.5) is 0 Å². The first kappa shape index (κ1) is 15.5. The van der Waals surface area contributed by atoms with Gasteiger partial charge >= 0.3 is 0 Å². The second kappa shape index (κ2) is 6.70. The van der Waals surface area contributed by atoms with Crippen LogP contribution in [-0.4, -0.2) is 22.8 Å². The van der Waals surface area contributed by atoms with Crippen molar-refractivity contribution in [1.29, 1.82) is 0 Å². The van der Waals surface area contributed by atoms with Gasteiger partial charge in [0.2, 0.25) is 5.91 Å². The molecule has 1 unspecified atom stereocenters. The van der Waals surface area contributed by atoms with Crippen LogP contribution in [0.15, 0.2) is 0 Å². The molecule has 1 amide bonds. The molecule has 0 radical (unpaired) electrons. The first-order chi connectivity index (χ1) is 9.52. The lowest BCUT2D eigenvalue weighted by atomic mass is 10.0. The number of hydrogen-bond acceptors (Lipinski definition) is 3. The largest absolute Gasteiger partial charge is 0.338 e. The third-order valence-electron chi connectivity index (χ3n) is 4.47. The summed E-state index contributed by atoms with van der Waals surface area (Å²) in [7, 11) is 1.94. The minimum absolute atomic E-state index is 0.140. The molecule has 0 aromatic carbocycles. The number of carbonyl (C=O) groups is 1. The van der Waals surface area contributed by atoms with E-state index in [4.69, 9.17) is 0 Å². The Morgan fingerprint density at radius 3 is 2.65 bits per heavy atom. The SMILES string of the molecule is CCc1nc(C)c(C(C)N(C)C(=O)CC2CCCC2)s1. The maximum Gasteiger partial charge on any atom is 0.223 e. The maximum atomic E-state index is 12.4. The Labute approximate surface area is 126 Å². The lowest BCUT2D eigenvalue weighted by molar-refractivity contribution is -0.132. The van der Waals surface area contributed by atoms with Gasteiger partial charge in [-0.25, -0.2) is 4.98 Å². The van der Waals surface area contributed by atoms with Crippen molar-refractivity contribution in [3.8, 4) is 0 Å². The number of thiazole rings is 1. The number of carbonyl (C=O) groups excluding carboxylic acids is 1. The Kier molecular flexibility index (Phi) is 5.19. The van der Waals surface area contributed by atoms with Crippen molar-refractivity contribution in [3.05, 3.63) is 15.6 Å². The normalized spacial score (nSPS) is 17.4. The van der Waals surface area contributed by atoms with Gasteiger partial charge in [0.1, 0.15) is 0 Å². The fourth-order valence-electron chi connectivity index (χ4n) is 3.00. The molecule has 1 aliphatic carbocycles. The van der Waals surface area contributed by atoms with E-state index in [0.29, 0.717) is 5.92 Å². The molecule has 1 aliphatic rings. The van der Waals surface area contributed by atoms with Crippen LogP contribution >= 0.6 is 11.3 Å². The van der Waals surface area contributed by atoms with E-state index < -0.39 is 0 Å². The predicted molar refractivity (Wildman–Crippen MR) is 84.0 cm³/mol. The Morgan fingerprint density at radius 2 is 2.10 bits per heavy atom. The molecule has 4 heteroatoms. The topological polar surface area (TPSA) is 33.2 Å². The molecular weight excluding hydrogens is 268 g/mol.